The van der Waals surface area contributed by atoms with E-state index in [2.05, 4.69) is 6.92 Å². The van der Waals surface area contributed by atoms with Gasteiger partial charge in [-0.1, -0.05) is 13.0 Å². The predicted octanol–water partition coefficient (Wildman–Crippen LogP) is 3.73. The van der Waals surface area contributed by atoms with E-state index in [9.17, 15) is 4.79 Å². The first-order chi connectivity index (χ1) is 8.81. The minimum absolute atomic E-state index is 0.267. The number of thioether (sulfide) groups is 1. The van der Waals surface area contributed by atoms with Crippen LogP contribution >= 0.6 is 11.8 Å². The number of carbonyl (C=O) groups excluding carboxylic acids is 1. The van der Waals surface area contributed by atoms with Crippen LogP contribution in [0.5, 0.6) is 5.75 Å². The Morgan fingerprint density at radius 3 is 3.06 bits per heavy atom. The van der Waals surface area contributed by atoms with E-state index in [4.69, 9.17) is 4.74 Å². The second-order valence-corrected chi connectivity index (χ2v) is 5.89. The van der Waals surface area contributed by atoms with Gasteiger partial charge in [0.15, 0.2) is 5.78 Å². The smallest absolute Gasteiger partial charge is 0.163 e. The molecule has 0 atom stereocenters. The zero-order valence-electron chi connectivity index (χ0n) is 10.9. The molecule has 18 heavy (non-hydrogen) atoms. The summed E-state index contributed by atoms with van der Waals surface area (Å²) in [7, 11) is 0. The fraction of sp³-hybridized carbons (Fsp3) is 0.533. The van der Waals surface area contributed by atoms with E-state index in [0.29, 0.717) is 6.42 Å². The van der Waals surface area contributed by atoms with Crippen molar-refractivity contribution in [2.75, 3.05) is 18.1 Å². The molecule has 0 bridgehead atoms. The first kappa shape index (κ1) is 13.5. The van der Waals surface area contributed by atoms with Crippen molar-refractivity contribution in [3.63, 3.8) is 0 Å². The predicted molar refractivity (Wildman–Crippen MR) is 76.8 cm³/mol. The number of Topliss-reactive ketones (excluding diaryl/α,β-unsaturated/α-hetero) is 1. The molecular formula is C15H20O2S. The van der Waals surface area contributed by atoms with Gasteiger partial charge in [0.25, 0.3) is 0 Å². The number of aryl methyl sites for hydroxylation is 1. The number of carbonyl (C=O) groups is 1. The highest BCUT2D eigenvalue weighted by Crippen LogP contribution is 2.25. The van der Waals surface area contributed by atoms with Gasteiger partial charge in [-0.25, -0.2) is 0 Å². The lowest BCUT2D eigenvalue weighted by atomic mass is 9.90. The van der Waals surface area contributed by atoms with Gasteiger partial charge in [0.2, 0.25) is 0 Å². The fourth-order valence-electron chi connectivity index (χ4n) is 2.19. The molecule has 98 valence electrons. The van der Waals surface area contributed by atoms with Gasteiger partial charge < -0.3 is 4.74 Å². The lowest BCUT2D eigenvalue weighted by molar-refractivity contribution is 0.0972. The Labute approximate surface area is 113 Å². The SMILES string of the molecule is CCSCCCOc1ccc2c(c1)C(=O)CCC2. The standard InChI is InChI=1S/C15H20O2S/c1-2-18-10-4-9-17-13-8-7-12-5-3-6-15(16)14(12)11-13/h7-8,11H,2-6,9-10H2,1H3. The summed E-state index contributed by atoms with van der Waals surface area (Å²) in [6, 6.07) is 5.96. The molecule has 1 aliphatic carbocycles. The van der Waals surface area contributed by atoms with Gasteiger partial charge in [0.1, 0.15) is 5.75 Å². The van der Waals surface area contributed by atoms with E-state index in [1.807, 2.05) is 30.0 Å². The Bertz CT molecular complexity index is 415. The summed E-state index contributed by atoms with van der Waals surface area (Å²) in [5.74, 6) is 3.40. The third kappa shape index (κ3) is 3.52. The van der Waals surface area contributed by atoms with Gasteiger partial charge in [0, 0.05) is 12.0 Å². The second-order valence-electron chi connectivity index (χ2n) is 4.49. The first-order valence-corrected chi connectivity index (χ1v) is 7.83. The Hall–Kier alpha value is -0.960. The number of rotatable bonds is 6. The minimum atomic E-state index is 0.267. The van der Waals surface area contributed by atoms with Crippen LogP contribution in [-0.2, 0) is 6.42 Å². The summed E-state index contributed by atoms with van der Waals surface area (Å²) < 4.78 is 5.70. The van der Waals surface area contributed by atoms with E-state index in [0.717, 1.165) is 48.7 Å². The van der Waals surface area contributed by atoms with E-state index in [1.165, 1.54) is 5.56 Å². The molecule has 0 spiro atoms. The van der Waals surface area contributed by atoms with Gasteiger partial charge in [-0.2, -0.15) is 11.8 Å². The molecule has 0 aromatic heterocycles. The molecule has 0 heterocycles. The van der Waals surface area contributed by atoms with Crippen molar-refractivity contribution in [1.29, 1.82) is 0 Å². The monoisotopic (exact) mass is 264 g/mol. The summed E-state index contributed by atoms with van der Waals surface area (Å²) in [6.07, 6.45) is 3.75. The average Bonchev–Trinajstić information content (AvgIpc) is 2.39. The zero-order valence-corrected chi connectivity index (χ0v) is 11.7. The van der Waals surface area contributed by atoms with Crippen LogP contribution in [0.2, 0.25) is 0 Å². The number of benzene rings is 1. The average molecular weight is 264 g/mol. The summed E-state index contributed by atoms with van der Waals surface area (Å²) >= 11 is 1.93. The molecule has 0 saturated heterocycles. The lowest BCUT2D eigenvalue weighted by Crippen LogP contribution is -2.11. The Morgan fingerprint density at radius 2 is 2.22 bits per heavy atom. The van der Waals surface area contributed by atoms with Crippen molar-refractivity contribution in [2.45, 2.75) is 32.6 Å². The van der Waals surface area contributed by atoms with Crippen molar-refractivity contribution < 1.29 is 9.53 Å². The maximum absolute atomic E-state index is 11.8. The van der Waals surface area contributed by atoms with E-state index >= 15 is 0 Å². The molecule has 0 unspecified atom stereocenters. The van der Waals surface area contributed by atoms with Crippen LogP contribution in [0.25, 0.3) is 0 Å². The van der Waals surface area contributed by atoms with Gasteiger partial charge >= 0.3 is 0 Å². The molecule has 1 aromatic carbocycles. The Kier molecular flexibility index (Phi) is 5.12. The molecule has 2 nitrogen and oxygen atoms in total. The topological polar surface area (TPSA) is 26.3 Å². The maximum atomic E-state index is 11.8. The van der Waals surface area contributed by atoms with Gasteiger partial charge in [-0.3, -0.25) is 4.79 Å². The minimum Gasteiger partial charge on any atom is -0.494 e. The zero-order chi connectivity index (χ0) is 12.8. The van der Waals surface area contributed by atoms with Crippen LogP contribution in [0, 0.1) is 0 Å². The highest BCUT2D eigenvalue weighted by molar-refractivity contribution is 7.99. The van der Waals surface area contributed by atoms with Crippen LogP contribution in [0.4, 0.5) is 0 Å². The fourth-order valence-corrected chi connectivity index (χ4v) is 2.80. The van der Waals surface area contributed by atoms with Crippen LogP contribution in [0.1, 0.15) is 42.1 Å². The van der Waals surface area contributed by atoms with Crippen LogP contribution in [-0.4, -0.2) is 23.9 Å². The molecule has 1 aliphatic rings. The largest absolute Gasteiger partial charge is 0.494 e. The number of hydrogen-bond donors (Lipinski definition) is 0. The van der Waals surface area contributed by atoms with Crippen molar-refractivity contribution in [2.24, 2.45) is 0 Å². The van der Waals surface area contributed by atoms with E-state index in [1.54, 1.807) is 0 Å². The summed E-state index contributed by atoms with van der Waals surface area (Å²) in [5, 5.41) is 0. The highest BCUT2D eigenvalue weighted by atomic mass is 32.2. The van der Waals surface area contributed by atoms with Gasteiger partial charge in [-0.15, -0.1) is 0 Å². The van der Waals surface area contributed by atoms with Gasteiger partial charge in [0.05, 0.1) is 6.61 Å². The molecule has 0 radical (unpaired) electrons. The number of ether oxygens (including phenoxy) is 1. The summed E-state index contributed by atoms with van der Waals surface area (Å²) in [4.78, 5) is 11.8. The molecule has 3 heteroatoms. The second kappa shape index (κ2) is 6.83. The van der Waals surface area contributed by atoms with Crippen molar-refractivity contribution in [3.05, 3.63) is 29.3 Å². The third-order valence-corrected chi connectivity index (χ3v) is 4.12. The Balaban J connectivity index is 1.90. The number of fused-ring (bicyclic) bond motifs is 1. The quantitative estimate of drug-likeness (QED) is 0.732. The first-order valence-electron chi connectivity index (χ1n) is 6.68. The molecule has 0 fully saturated rings. The number of hydrogen-bond acceptors (Lipinski definition) is 3. The van der Waals surface area contributed by atoms with Gasteiger partial charge in [-0.05, 0) is 48.5 Å². The molecule has 0 amide bonds. The normalized spacial score (nSPS) is 14.4. The lowest BCUT2D eigenvalue weighted by Gasteiger charge is -2.15. The van der Waals surface area contributed by atoms with Crippen molar-refractivity contribution >= 4 is 17.5 Å². The van der Waals surface area contributed by atoms with Crippen molar-refractivity contribution in [1.82, 2.24) is 0 Å². The highest BCUT2D eigenvalue weighted by Gasteiger charge is 2.17. The maximum Gasteiger partial charge on any atom is 0.163 e. The molecule has 2 rings (SSSR count). The van der Waals surface area contributed by atoms with Crippen molar-refractivity contribution in [3.8, 4) is 5.75 Å². The molecule has 0 N–H and O–H groups in total. The summed E-state index contributed by atoms with van der Waals surface area (Å²) in [6.45, 7) is 2.90. The molecule has 0 aliphatic heterocycles. The van der Waals surface area contributed by atoms with E-state index < -0.39 is 0 Å². The van der Waals surface area contributed by atoms with Crippen LogP contribution in [0.3, 0.4) is 0 Å². The summed E-state index contributed by atoms with van der Waals surface area (Å²) in [5.41, 5.74) is 2.06. The number of ketones is 1. The molecule has 0 saturated carbocycles. The third-order valence-electron chi connectivity index (χ3n) is 3.14. The van der Waals surface area contributed by atoms with Crippen LogP contribution in [0.15, 0.2) is 18.2 Å². The van der Waals surface area contributed by atoms with Crippen LogP contribution < -0.4 is 4.74 Å². The van der Waals surface area contributed by atoms with E-state index in [-0.39, 0.29) is 5.78 Å². The molecular weight excluding hydrogens is 244 g/mol. The molecule has 1 aromatic rings. The Morgan fingerprint density at radius 1 is 1.33 bits per heavy atom.